The van der Waals surface area contributed by atoms with Crippen molar-refractivity contribution in [3.8, 4) is 0 Å². The van der Waals surface area contributed by atoms with E-state index in [1.54, 1.807) is 12.5 Å². The fourth-order valence-electron chi connectivity index (χ4n) is 3.28. The van der Waals surface area contributed by atoms with E-state index in [-0.39, 0.29) is 11.9 Å². The monoisotopic (exact) mass is 366 g/mol. The Morgan fingerprint density at radius 2 is 2.07 bits per heavy atom. The van der Waals surface area contributed by atoms with Crippen LogP contribution in [0.1, 0.15) is 12.5 Å². The minimum absolute atomic E-state index is 0.0606. The molecule has 0 unspecified atom stereocenters. The first kappa shape index (κ1) is 17.3. The van der Waals surface area contributed by atoms with Crippen LogP contribution in [0, 0.1) is 5.92 Å². The van der Waals surface area contributed by atoms with Gasteiger partial charge >= 0.3 is 5.97 Å². The third-order valence-corrected chi connectivity index (χ3v) is 4.97. The van der Waals surface area contributed by atoms with Crippen LogP contribution in [0.4, 0.5) is 17.3 Å². The van der Waals surface area contributed by atoms with Gasteiger partial charge in [0.15, 0.2) is 0 Å². The summed E-state index contributed by atoms with van der Waals surface area (Å²) in [6.07, 6.45) is 6.23. The standard InChI is InChI=1S/C19H22N6O2/c1-4-12-5-18(25-9-13(10-25)19(26)27-3)21-7-14(12)23-17-6-16-15(8-20-17)22-11-24(16)2/h5-8,11,13H,4,9-10H2,1-3H3,(H,20,23). The highest BCUT2D eigenvalue weighted by Crippen LogP contribution is 2.28. The summed E-state index contributed by atoms with van der Waals surface area (Å²) in [6.45, 7) is 3.40. The van der Waals surface area contributed by atoms with Crippen LogP contribution in [0.2, 0.25) is 0 Å². The zero-order chi connectivity index (χ0) is 19.0. The lowest BCUT2D eigenvalue weighted by Gasteiger charge is -2.38. The van der Waals surface area contributed by atoms with Crippen LogP contribution in [0.15, 0.2) is 30.9 Å². The minimum atomic E-state index is -0.156. The van der Waals surface area contributed by atoms with Gasteiger partial charge in [0, 0.05) is 26.2 Å². The number of hydrogen-bond donors (Lipinski definition) is 1. The predicted molar refractivity (Wildman–Crippen MR) is 103 cm³/mol. The molecule has 0 amide bonds. The topological polar surface area (TPSA) is 85.2 Å². The van der Waals surface area contributed by atoms with Gasteiger partial charge in [0.25, 0.3) is 0 Å². The Hall–Kier alpha value is -3.16. The number of pyridine rings is 2. The zero-order valence-electron chi connectivity index (χ0n) is 15.6. The van der Waals surface area contributed by atoms with Gasteiger partial charge in [0.05, 0.1) is 43.0 Å². The van der Waals surface area contributed by atoms with Crippen LogP contribution < -0.4 is 10.2 Å². The number of carbonyl (C=O) groups excluding carboxylic acids is 1. The number of nitrogens with zero attached hydrogens (tertiary/aromatic N) is 5. The molecule has 140 valence electrons. The summed E-state index contributed by atoms with van der Waals surface area (Å²) >= 11 is 0. The summed E-state index contributed by atoms with van der Waals surface area (Å²) in [5.74, 6) is 1.42. The number of fused-ring (bicyclic) bond motifs is 1. The molecular formula is C19H22N6O2. The first-order valence-corrected chi connectivity index (χ1v) is 8.94. The van der Waals surface area contributed by atoms with Gasteiger partial charge in [-0.15, -0.1) is 0 Å². The zero-order valence-corrected chi connectivity index (χ0v) is 15.6. The fraction of sp³-hybridized carbons (Fsp3) is 0.368. The molecule has 8 nitrogen and oxygen atoms in total. The third-order valence-electron chi connectivity index (χ3n) is 4.97. The average molecular weight is 366 g/mol. The van der Waals surface area contributed by atoms with Crippen molar-refractivity contribution in [2.24, 2.45) is 13.0 Å². The van der Waals surface area contributed by atoms with Crippen molar-refractivity contribution in [1.82, 2.24) is 19.5 Å². The Kier molecular flexibility index (Phi) is 4.39. The summed E-state index contributed by atoms with van der Waals surface area (Å²) in [6, 6.07) is 4.05. The van der Waals surface area contributed by atoms with Crippen LogP contribution in [-0.4, -0.2) is 45.7 Å². The molecule has 0 bridgehead atoms. The molecule has 1 N–H and O–H groups in total. The molecule has 0 aromatic carbocycles. The lowest BCUT2D eigenvalue weighted by Crippen LogP contribution is -2.51. The van der Waals surface area contributed by atoms with Crippen LogP contribution in [0.5, 0.6) is 0 Å². The molecule has 0 aliphatic carbocycles. The third kappa shape index (κ3) is 3.18. The van der Waals surface area contributed by atoms with Gasteiger partial charge in [-0.25, -0.2) is 15.0 Å². The van der Waals surface area contributed by atoms with Crippen LogP contribution in [0.3, 0.4) is 0 Å². The first-order chi connectivity index (χ1) is 13.1. The number of nitrogens with one attached hydrogen (secondary N) is 1. The highest BCUT2D eigenvalue weighted by atomic mass is 16.5. The molecule has 4 heterocycles. The summed E-state index contributed by atoms with van der Waals surface area (Å²) in [7, 11) is 3.39. The Labute approximate surface area is 157 Å². The molecule has 3 aromatic rings. The SMILES string of the molecule is CCc1cc(N2CC(C(=O)OC)C2)ncc1Nc1cc2c(cn1)ncn2C. The van der Waals surface area contributed by atoms with E-state index in [0.29, 0.717) is 13.1 Å². The number of methoxy groups -OCH3 is 1. The smallest absolute Gasteiger partial charge is 0.312 e. The van der Waals surface area contributed by atoms with E-state index in [1.165, 1.54) is 7.11 Å². The minimum Gasteiger partial charge on any atom is -0.469 e. The molecule has 0 atom stereocenters. The van der Waals surface area contributed by atoms with E-state index < -0.39 is 0 Å². The fourth-order valence-corrected chi connectivity index (χ4v) is 3.28. The number of hydrogen-bond acceptors (Lipinski definition) is 7. The van der Waals surface area contributed by atoms with Gasteiger partial charge in [-0.3, -0.25) is 4.79 Å². The second kappa shape index (κ2) is 6.86. The van der Waals surface area contributed by atoms with Gasteiger partial charge in [-0.1, -0.05) is 6.92 Å². The van der Waals surface area contributed by atoms with Gasteiger partial charge in [0.1, 0.15) is 17.2 Å². The maximum Gasteiger partial charge on any atom is 0.312 e. The quantitative estimate of drug-likeness (QED) is 0.693. The maximum atomic E-state index is 11.6. The molecular weight excluding hydrogens is 344 g/mol. The number of esters is 1. The molecule has 27 heavy (non-hydrogen) atoms. The second-order valence-corrected chi connectivity index (χ2v) is 6.72. The number of carbonyl (C=O) groups is 1. The summed E-state index contributed by atoms with van der Waals surface area (Å²) in [4.78, 5) is 26.9. The van der Waals surface area contributed by atoms with Crippen molar-refractivity contribution < 1.29 is 9.53 Å². The Morgan fingerprint density at radius 3 is 2.81 bits per heavy atom. The van der Waals surface area contributed by atoms with Gasteiger partial charge in [-0.2, -0.15) is 0 Å². The lowest BCUT2D eigenvalue weighted by atomic mass is 10.00. The molecule has 1 fully saturated rings. The van der Waals surface area contributed by atoms with E-state index in [2.05, 4.69) is 38.2 Å². The number of aryl methyl sites for hydroxylation is 2. The summed E-state index contributed by atoms with van der Waals surface area (Å²) < 4.78 is 6.76. The Bertz CT molecular complexity index is 993. The summed E-state index contributed by atoms with van der Waals surface area (Å²) in [5.41, 5.74) is 3.96. The van der Waals surface area contributed by atoms with Crippen molar-refractivity contribution in [3.05, 3.63) is 36.4 Å². The molecule has 0 saturated carbocycles. The van der Waals surface area contributed by atoms with E-state index in [9.17, 15) is 4.79 Å². The number of rotatable bonds is 5. The van der Waals surface area contributed by atoms with Crippen LogP contribution >= 0.6 is 0 Å². The van der Waals surface area contributed by atoms with Crippen molar-refractivity contribution >= 4 is 34.3 Å². The molecule has 4 rings (SSSR count). The van der Waals surface area contributed by atoms with E-state index in [0.717, 1.165) is 40.3 Å². The first-order valence-electron chi connectivity index (χ1n) is 8.94. The maximum absolute atomic E-state index is 11.6. The summed E-state index contributed by atoms with van der Waals surface area (Å²) in [5, 5.41) is 3.36. The van der Waals surface area contributed by atoms with Gasteiger partial charge in [-0.05, 0) is 18.1 Å². The molecule has 8 heteroatoms. The molecule has 0 radical (unpaired) electrons. The predicted octanol–water partition coefficient (Wildman–Crippen LogP) is 2.28. The number of imidazole rings is 1. The van der Waals surface area contributed by atoms with E-state index in [1.807, 2.05) is 23.9 Å². The highest BCUT2D eigenvalue weighted by Gasteiger charge is 2.34. The lowest BCUT2D eigenvalue weighted by molar-refractivity contribution is -0.146. The van der Waals surface area contributed by atoms with Crippen molar-refractivity contribution in [2.75, 3.05) is 30.4 Å². The Morgan fingerprint density at radius 1 is 1.26 bits per heavy atom. The number of ether oxygens (including phenoxy) is 1. The number of anilines is 3. The molecule has 1 aliphatic rings. The van der Waals surface area contributed by atoms with Crippen LogP contribution in [-0.2, 0) is 23.0 Å². The van der Waals surface area contributed by atoms with E-state index in [4.69, 9.17) is 4.74 Å². The van der Waals surface area contributed by atoms with Gasteiger partial charge < -0.3 is 19.5 Å². The second-order valence-electron chi connectivity index (χ2n) is 6.72. The largest absolute Gasteiger partial charge is 0.469 e. The molecule has 0 spiro atoms. The highest BCUT2D eigenvalue weighted by molar-refractivity contribution is 5.79. The van der Waals surface area contributed by atoms with Gasteiger partial charge in [0.2, 0.25) is 0 Å². The molecule has 1 aliphatic heterocycles. The normalized spacial score (nSPS) is 14.3. The average Bonchev–Trinajstić information content (AvgIpc) is 3.02. The van der Waals surface area contributed by atoms with E-state index >= 15 is 0 Å². The molecule has 1 saturated heterocycles. The van der Waals surface area contributed by atoms with Crippen molar-refractivity contribution in [3.63, 3.8) is 0 Å². The number of aromatic nitrogens is 4. The van der Waals surface area contributed by atoms with Crippen LogP contribution in [0.25, 0.3) is 11.0 Å². The molecule has 3 aromatic heterocycles. The van der Waals surface area contributed by atoms with Crippen molar-refractivity contribution in [1.29, 1.82) is 0 Å². The Balaban J connectivity index is 1.53. The van der Waals surface area contributed by atoms with Crippen molar-refractivity contribution in [2.45, 2.75) is 13.3 Å².